The molecule has 0 amide bonds. The minimum Gasteiger partial charge on any atom is -0.409 e. The molecule has 0 spiro atoms. The first kappa shape index (κ1) is 15.2. The SMILES string of the molecule is CC(CN(C)S(=O)(=O)N1CCOCC1)/C(N)=N/O. The molecule has 3 N–H and O–H groups in total. The summed E-state index contributed by atoms with van der Waals surface area (Å²) in [5, 5.41) is 11.4. The Kier molecular flexibility index (Phi) is 5.32. The topological polar surface area (TPSA) is 108 Å². The minimum absolute atomic E-state index is 0.0130. The number of hydrogen-bond donors (Lipinski definition) is 2. The Balaban J connectivity index is 2.66. The lowest BCUT2D eigenvalue weighted by Gasteiger charge is -2.31. The van der Waals surface area contributed by atoms with E-state index in [9.17, 15) is 8.42 Å². The summed E-state index contributed by atoms with van der Waals surface area (Å²) in [6.45, 7) is 3.37. The van der Waals surface area contributed by atoms with Crippen molar-refractivity contribution in [3.05, 3.63) is 0 Å². The van der Waals surface area contributed by atoms with Gasteiger partial charge in [-0.15, -0.1) is 0 Å². The molecule has 18 heavy (non-hydrogen) atoms. The van der Waals surface area contributed by atoms with Crippen molar-refractivity contribution in [2.75, 3.05) is 39.9 Å². The zero-order valence-corrected chi connectivity index (χ0v) is 11.4. The van der Waals surface area contributed by atoms with E-state index in [4.69, 9.17) is 15.7 Å². The zero-order chi connectivity index (χ0) is 13.8. The average molecular weight is 280 g/mol. The van der Waals surface area contributed by atoms with Crippen LogP contribution < -0.4 is 5.73 Å². The fourth-order valence-electron chi connectivity index (χ4n) is 1.65. The van der Waals surface area contributed by atoms with E-state index in [1.165, 1.54) is 15.7 Å². The van der Waals surface area contributed by atoms with Crippen LogP contribution in [0.3, 0.4) is 0 Å². The highest BCUT2D eigenvalue weighted by Crippen LogP contribution is 2.11. The molecule has 0 aliphatic carbocycles. The molecule has 1 heterocycles. The Morgan fingerprint density at radius 2 is 2.11 bits per heavy atom. The summed E-state index contributed by atoms with van der Waals surface area (Å²) in [6.07, 6.45) is 0. The van der Waals surface area contributed by atoms with Crippen LogP contribution in [0.15, 0.2) is 5.16 Å². The van der Waals surface area contributed by atoms with E-state index in [-0.39, 0.29) is 18.3 Å². The van der Waals surface area contributed by atoms with Gasteiger partial charge in [0.15, 0.2) is 0 Å². The van der Waals surface area contributed by atoms with Gasteiger partial charge in [0.2, 0.25) is 0 Å². The highest BCUT2D eigenvalue weighted by atomic mass is 32.2. The molecule has 106 valence electrons. The van der Waals surface area contributed by atoms with Gasteiger partial charge in [-0.1, -0.05) is 12.1 Å². The summed E-state index contributed by atoms with van der Waals surface area (Å²) < 4.78 is 32.1. The summed E-state index contributed by atoms with van der Waals surface area (Å²) in [5.74, 6) is -0.338. The molecule has 1 rings (SSSR count). The monoisotopic (exact) mass is 280 g/mol. The summed E-state index contributed by atoms with van der Waals surface area (Å²) in [5.41, 5.74) is 5.43. The third-order valence-corrected chi connectivity index (χ3v) is 4.80. The maximum Gasteiger partial charge on any atom is 0.281 e. The lowest BCUT2D eigenvalue weighted by atomic mass is 10.2. The van der Waals surface area contributed by atoms with Gasteiger partial charge in [-0.3, -0.25) is 0 Å². The van der Waals surface area contributed by atoms with Gasteiger partial charge in [-0.25, -0.2) is 0 Å². The number of rotatable bonds is 5. The molecular formula is C9H20N4O4S. The molecule has 0 bridgehead atoms. The molecule has 1 fully saturated rings. The van der Waals surface area contributed by atoms with Crippen molar-refractivity contribution < 1.29 is 18.4 Å². The number of oxime groups is 1. The summed E-state index contributed by atoms with van der Waals surface area (Å²) in [7, 11) is -2.03. The molecule has 0 saturated carbocycles. The second-order valence-electron chi connectivity index (χ2n) is 4.23. The van der Waals surface area contributed by atoms with Crippen molar-refractivity contribution in [2.24, 2.45) is 16.8 Å². The van der Waals surface area contributed by atoms with E-state index in [0.29, 0.717) is 26.3 Å². The fraction of sp³-hybridized carbons (Fsp3) is 0.889. The number of nitrogens with zero attached hydrogens (tertiary/aromatic N) is 3. The van der Waals surface area contributed by atoms with E-state index >= 15 is 0 Å². The lowest BCUT2D eigenvalue weighted by molar-refractivity contribution is 0.0705. The lowest BCUT2D eigenvalue weighted by Crippen LogP contribution is -2.49. The third kappa shape index (κ3) is 3.55. The number of hydrogen-bond acceptors (Lipinski definition) is 5. The Morgan fingerprint density at radius 3 is 2.61 bits per heavy atom. The van der Waals surface area contributed by atoms with Crippen LogP contribution in [-0.2, 0) is 14.9 Å². The minimum atomic E-state index is -3.50. The summed E-state index contributed by atoms with van der Waals surface area (Å²) >= 11 is 0. The van der Waals surface area contributed by atoms with Crippen molar-refractivity contribution in [3.8, 4) is 0 Å². The Labute approximate surface area is 107 Å². The molecule has 1 aliphatic rings. The van der Waals surface area contributed by atoms with E-state index in [2.05, 4.69) is 5.16 Å². The van der Waals surface area contributed by atoms with Crippen LogP contribution in [0.25, 0.3) is 0 Å². The van der Waals surface area contributed by atoms with Crippen LogP contribution in [0.5, 0.6) is 0 Å². The number of morpholine rings is 1. The average Bonchev–Trinajstić information content (AvgIpc) is 2.38. The first-order valence-corrected chi connectivity index (χ1v) is 7.06. The van der Waals surface area contributed by atoms with Gasteiger partial charge in [0.05, 0.1) is 13.2 Å². The molecule has 9 heteroatoms. The second kappa shape index (κ2) is 6.32. The van der Waals surface area contributed by atoms with Gasteiger partial charge in [0.1, 0.15) is 5.84 Å². The van der Waals surface area contributed by atoms with Gasteiger partial charge in [-0.05, 0) is 0 Å². The quantitative estimate of drug-likeness (QED) is 0.287. The highest BCUT2D eigenvalue weighted by Gasteiger charge is 2.29. The van der Waals surface area contributed by atoms with Crippen molar-refractivity contribution in [2.45, 2.75) is 6.92 Å². The van der Waals surface area contributed by atoms with E-state index < -0.39 is 10.2 Å². The van der Waals surface area contributed by atoms with Crippen LogP contribution in [0.2, 0.25) is 0 Å². The van der Waals surface area contributed by atoms with Crippen molar-refractivity contribution in [3.63, 3.8) is 0 Å². The van der Waals surface area contributed by atoms with Crippen LogP contribution in [-0.4, -0.2) is 68.0 Å². The van der Waals surface area contributed by atoms with E-state index in [1.807, 2.05) is 0 Å². The number of amidine groups is 1. The smallest absolute Gasteiger partial charge is 0.281 e. The molecule has 0 aromatic carbocycles. The second-order valence-corrected chi connectivity index (χ2v) is 6.26. The molecule has 8 nitrogen and oxygen atoms in total. The normalized spacial score (nSPS) is 21.2. The molecular weight excluding hydrogens is 260 g/mol. The molecule has 1 unspecified atom stereocenters. The van der Waals surface area contributed by atoms with Crippen molar-refractivity contribution >= 4 is 16.0 Å². The molecule has 1 aliphatic heterocycles. The third-order valence-electron chi connectivity index (χ3n) is 2.84. The van der Waals surface area contributed by atoms with E-state index in [1.54, 1.807) is 6.92 Å². The summed E-state index contributed by atoms with van der Waals surface area (Å²) in [6, 6.07) is 0. The van der Waals surface area contributed by atoms with Gasteiger partial charge in [0.25, 0.3) is 10.2 Å². The molecule has 0 radical (unpaired) electrons. The first-order valence-electron chi connectivity index (χ1n) is 5.66. The standard InChI is InChI=1S/C9H20N4O4S/c1-8(9(10)11-14)7-12(2)18(15,16)13-3-5-17-6-4-13/h8,14H,3-7H2,1-2H3,(H2,10,11). The first-order chi connectivity index (χ1) is 8.39. The Hall–Kier alpha value is -0.900. The van der Waals surface area contributed by atoms with E-state index in [0.717, 1.165) is 0 Å². The predicted molar refractivity (Wildman–Crippen MR) is 66.5 cm³/mol. The fourth-order valence-corrected chi connectivity index (χ4v) is 3.06. The highest BCUT2D eigenvalue weighted by molar-refractivity contribution is 7.86. The molecule has 0 aromatic heterocycles. The maximum absolute atomic E-state index is 12.2. The van der Waals surface area contributed by atoms with Gasteiger partial charge in [0, 0.05) is 32.6 Å². The Bertz CT molecular complexity index is 391. The van der Waals surface area contributed by atoms with Gasteiger partial charge >= 0.3 is 0 Å². The largest absolute Gasteiger partial charge is 0.409 e. The zero-order valence-electron chi connectivity index (χ0n) is 10.6. The Morgan fingerprint density at radius 1 is 1.56 bits per heavy atom. The van der Waals surface area contributed by atoms with Crippen LogP contribution in [0.1, 0.15) is 6.92 Å². The van der Waals surface area contributed by atoms with Crippen molar-refractivity contribution in [1.29, 1.82) is 0 Å². The van der Waals surface area contributed by atoms with Gasteiger partial charge in [-0.2, -0.15) is 17.0 Å². The van der Waals surface area contributed by atoms with Crippen LogP contribution in [0.4, 0.5) is 0 Å². The number of nitrogens with two attached hydrogens (primary N) is 1. The molecule has 1 saturated heterocycles. The van der Waals surface area contributed by atoms with Crippen LogP contribution >= 0.6 is 0 Å². The van der Waals surface area contributed by atoms with Crippen LogP contribution in [0, 0.1) is 5.92 Å². The van der Waals surface area contributed by atoms with Gasteiger partial charge < -0.3 is 15.7 Å². The molecule has 0 aromatic rings. The maximum atomic E-state index is 12.2. The summed E-state index contributed by atoms with van der Waals surface area (Å²) in [4.78, 5) is 0. The number of ether oxygens (including phenoxy) is 1. The van der Waals surface area contributed by atoms with Crippen molar-refractivity contribution in [1.82, 2.24) is 8.61 Å². The molecule has 1 atom stereocenters. The predicted octanol–water partition coefficient (Wildman–Crippen LogP) is -1.12.